The molecule has 3 N–H and O–H groups in total. The second-order valence-electron chi connectivity index (χ2n) is 1.73. The van der Waals surface area contributed by atoms with Crippen LogP contribution >= 0.6 is 0 Å². The van der Waals surface area contributed by atoms with E-state index in [0.29, 0.717) is 5.82 Å². The average Bonchev–Trinajstić information content (AvgIpc) is 1.88. The highest BCUT2D eigenvalue weighted by atomic mass is 15.0. The third kappa shape index (κ3) is 1.32. The molecule has 1 aliphatic rings. The first kappa shape index (κ1) is 5.88. The third-order valence-corrected chi connectivity index (χ3v) is 1.03. The smallest absolute Gasteiger partial charge is 0.119 e. The van der Waals surface area contributed by atoms with Crippen molar-refractivity contribution in [1.82, 2.24) is 5.32 Å². The average molecular weight is 123 g/mol. The standard InChI is InChI=1S/C6H9N3/c1-2-5-3-8-4-6(7)9-5/h2-4,9H,7H2,1H3/b5-2+. The third-order valence-electron chi connectivity index (χ3n) is 1.03. The van der Waals surface area contributed by atoms with Gasteiger partial charge in [-0.15, -0.1) is 0 Å². The van der Waals surface area contributed by atoms with E-state index in [-0.39, 0.29) is 0 Å². The van der Waals surface area contributed by atoms with Crippen molar-refractivity contribution in [3.63, 3.8) is 0 Å². The van der Waals surface area contributed by atoms with Crippen LogP contribution in [0.5, 0.6) is 0 Å². The molecule has 9 heavy (non-hydrogen) atoms. The molecule has 3 heteroatoms. The zero-order valence-electron chi connectivity index (χ0n) is 5.26. The Bertz CT molecular complexity index is 188. The summed E-state index contributed by atoms with van der Waals surface area (Å²) in [5.41, 5.74) is 6.34. The summed E-state index contributed by atoms with van der Waals surface area (Å²) in [6, 6.07) is 0. The summed E-state index contributed by atoms with van der Waals surface area (Å²) in [6.45, 7) is 1.92. The fourth-order valence-corrected chi connectivity index (χ4v) is 0.576. The van der Waals surface area contributed by atoms with Crippen LogP contribution in [-0.4, -0.2) is 6.21 Å². The van der Waals surface area contributed by atoms with Crippen molar-refractivity contribution in [2.75, 3.05) is 0 Å². The molecule has 3 nitrogen and oxygen atoms in total. The number of nitrogens with one attached hydrogen (secondary N) is 1. The molecule has 0 unspecified atom stereocenters. The molecule has 48 valence electrons. The van der Waals surface area contributed by atoms with Crippen molar-refractivity contribution in [1.29, 1.82) is 0 Å². The first-order chi connectivity index (χ1) is 4.33. The van der Waals surface area contributed by atoms with Gasteiger partial charge in [0.2, 0.25) is 0 Å². The van der Waals surface area contributed by atoms with Crippen LogP contribution in [0.2, 0.25) is 0 Å². The van der Waals surface area contributed by atoms with E-state index in [1.54, 1.807) is 12.4 Å². The summed E-state index contributed by atoms with van der Waals surface area (Å²) in [5, 5.41) is 2.92. The molecular formula is C6H9N3. The number of nitrogens with two attached hydrogens (primary N) is 1. The second kappa shape index (κ2) is 2.35. The Kier molecular flexibility index (Phi) is 1.53. The summed E-state index contributed by atoms with van der Waals surface area (Å²) < 4.78 is 0. The van der Waals surface area contributed by atoms with Gasteiger partial charge in [-0.05, 0) is 6.92 Å². The Morgan fingerprint density at radius 1 is 1.78 bits per heavy atom. The zero-order valence-corrected chi connectivity index (χ0v) is 5.26. The number of aliphatic imine (C=N–C) groups is 1. The van der Waals surface area contributed by atoms with E-state index in [9.17, 15) is 0 Å². The minimum absolute atomic E-state index is 0.589. The van der Waals surface area contributed by atoms with Crippen molar-refractivity contribution < 1.29 is 0 Å². The molecular weight excluding hydrogens is 114 g/mol. The molecule has 0 saturated carbocycles. The van der Waals surface area contributed by atoms with Gasteiger partial charge < -0.3 is 11.1 Å². The predicted molar refractivity (Wildman–Crippen MR) is 37.7 cm³/mol. The molecule has 0 amide bonds. The fraction of sp³-hybridized carbons (Fsp3) is 0.167. The quantitative estimate of drug-likeness (QED) is 0.487. The predicted octanol–water partition coefficient (Wildman–Crippen LogP) is 0.322. The van der Waals surface area contributed by atoms with E-state index < -0.39 is 0 Å². The normalized spacial score (nSPS) is 21.4. The van der Waals surface area contributed by atoms with Gasteiger partial charge in [0.1, 0.15) is 5.82 Å². The minimum Gasteiger partial charge on any atom is -0.384 e. The zero-order chi connectivity index (χ0) is 6.69. The number of allylic oxidation sites excluding steroid dienone is 2. The first-order valence-electron chi connectivity index (χ1n) is 2.75. The fourth-order valence-electron chi connectivity index (χ4n) is 0.576. The van der Waals surface area contributed by atoms with E-state index >= 15 is 0 Å². The van der Waals surface area contributed by atoms with Gasteiger partial charge in [0, 0.05) is 0 Å². The van der Waals surface area contributed by atoms with Crippen molar-refractivity contribution in [3.05, 3.63) is 23.8 Å². The van der Waals surface area contributed by atoms with Crippen LogP contribution < -0.4 is 11.1 Å². The van der Waals surface area contributed by atoms with E-state index in [0.717, 1.165) is 5.70 Å². The molecule has 0 aromatic carbocycles. The van der Waals surface area contributed by atoms with Crippen molar-refractivity contribution in [2.45, 2.75) is 6.92 Å². The van der Waals surface area contributed by atoms with Gasteiger partial charge in [0.25, 0.3) is 0 Å². The van der Waals surface area contributed by atoms with Gasteiger partial charge in [0.05, 0.1) is 18.1 Å². The van der Waals surface area contributed by atoms with Gasteiger partial charge in [-0.1, -0.05) is 6.08 Å². The second-order valence-corrected chi connectivity index (χ2v) is 1.73. The molecule has 1 rings (SSSR count). The van der Waals surface area contributed by atoms with Crippen LogP contribution in [-0.2, 0) is 0 Å². The number of rotatable bonds is 0. The summed E-state index contributed by atoms with van der Waals surface area (Å²) in [6.07, 6.45) is 5.20. The monoisotopic (exact) mass is 123 g/mol. The minimum atomic E-state index is 0.589. The summed E-state index contributed by atoms with van der Waals surface area (Å²) >= 11 is 0. The van der Waals surface area contributed by atoms with Gasteiger partial charge in [0.15, 0.2) is 0 Å². The largest absolute Gasteiger partial charge is 0.384 e. The number of nitrogens with zero attached hydrogens (tertiary/aromatic N) is 1. The summed E-state index contributed by atoms with van der Waals surface area (Å²) in [7, 11) is 0. The lowest BCUT2D eigenvalue weighted by atomic mass is 10.4. The summed E-state index contributed by atoms with van der Waals surface area (Å²) in [5.74, 6) is 0.589. The molecule has 0 spiro atoms. The Morgan fingerprint density at radius 2 is 2.56 bits per heavy atom. The molecule has 0 saturated heterocycles. The highest BCUT2D eigenvalue weighted by Gasteiger charge is 1.95. The maximum Gasteiger partial charge on any atom is 0.119 e. The highest BCUT2D eigenvalue weighted by Crippen LogP contribution is 1.94. The Balaban J connectivity index is 2.73. The maximum atomic E-state index is 5.40. The van der Waals surface area contributed by atoms with Crippen LogP contribution in [0.25, 0.3) is 0 Å². The highest BCUT2D eigenvalue weighted by molar-refractivity contribution is 5.79. The molecule has 0 aromatic rings. The van der Waals surface area contributed by atoms with Crippen LogP contribution in [0.15, 0.2) is 28.8 Å². The van der Waals surface area contributed by atoms with Gasteiger partial charge >= 0.3 is 0 Å². The Hall–Kier alpha value is -1.25. The lowest BCUT2D eigenvalue weighted by Crippen LogP contribution is -2.22. The van der Waals surface area contributed by atoms with Gasteiger partial charge in [-0.2, -0.15) is 0 Å². The van der Waals surface area contributed by atoms with Gasteiger partial charge in [-0.3, -0.25) is 4.99 Å². The van der Waals surface area contributed by atoms with Gasteiger partial charge in [-0.25, -0.2) is 0 Å². The molecule has 0 atom stereocenters. The van der Waals surface area contributed by atoms with Crippen molar-refractivity contribution in [3.8, 4) is 0 Å². The lowest BCUT2D eigenvalue weighted by Gasteiger charge is -2.07. The lowest BCUT2D eigenvalue weighted by molar-refractivity contribution is 0.969. The van der Waals surface area contributed by atoms with Crippen molar-refractivity contribution >= 4 is 6.21 Å². The van der Waals surface area contributed by atoms with Crippen LogP contribution in [0, 0.1) is 0 Å². The molecule has 0 radical (unpaired) electrons. The SMILES string of the molecule is C/C=C1\C=NC=C(N)N1. The number of hydrogen-bond donors (Lipinski definition) is 2. The summed E-state index contributed by atoms with van der Waals surface area (Å²) in [4.78, 5) is 3.87. The molecule has 0 aliphatic carbocycles. The maximum absolute atomic E-state index is 5.40. The first-order valence-corrected chi connectivity index (χ1v) is 2.75. The molecule has 0 fully saturated rings. The van der Waals surface area contributed by atoms with E-state index in [2.05, 4.69) is 10.3 Å². The van der Waals surface area contributed by atoms with E-state index in [4.69, 9.17) is 5.73 Å². The molecule has 0 aromatic heterocycles. The van der Waals surface area contributed by atoms with Crippen LogP contribution in [0.1, 0.15) is 6.92 Å². The van der Waals surface area contributed by atoms with Crippen molar-refractivity contribution in [2.24, 2.45) is 10.7 Å². The number of hydrogen-bond acceptors (Lipinski definition) is 3. The molecule has 1 heterocycles. The molecule has 0 bridgehead atoms. The Labute approximate surface area is 54.0 Å². The van der Waals surface area contributed by atoms with Crippen LogP contribution in [0.4, 0.5) is 0 Å². The van der Waals surface area contributed by atoms with E-state index in [1.807, 2.05) is 13.0 Å². The topological polar surface area (TPSA) is 50.4 Å². The molecule has 1 aliphatic heterocycles. The van der Waals surface area contributed by atoms with Crippen LogP contribution in [0.3, 0.4) is 0 Å². The Morgan fingerprint density at radius 3 is 3.00 bits per heavy atom. The van der Waals surface area contributed by atoms with E-state index in [1.165, 1.54) is 0 Å².